The SMILES string of the molecule is Cc1cccc(CNC(=O)c2ccc(B3OC(C)(C)C(C)(C)O3)cc2)c1. The third kappa shape index (κ3) is 3.84. The predicted octanol–water partition coefficient (Wildman–Crippen LogP) is 3.22. The Balaban J connectivity index is 1.63. The Morgan fingerprint density at radius 1 is 1.00 bits per heavy atom. The van der Waals surface area contributed by atoms with Crippen molar-refractivity contribution in [3.63, 3.8) is 0 Å². The van der Waals surface area contributed by atoms with Crippen molar-refractivity contribution in [3.8, 4) is 0 Å². The quantitative estimate of drug-likeness (QED) is 0.861. The molecule has 1 fully saturated rings. The Bertz CT molecular complexity index is 783. The van der Waals surface area contributed by atoms with Crippen LogP contribution >= 0.6 is 0 Å². The van der Waals surface area contributed by atoms with Gasteiger partial charge in [0, 0.05) is 12.1 Å². The first-order valence-electron chi connectivity index (χ1n) is 8.97. The maximum Gasteiger partial charge on any atom is 0.494 e. The summed E-state index contributed by atoms with van der Waals surface area (Å²) < 4.78 is 12.1. The van der Waals surface area contributed by atoms with Gasteiger partial charge in [-0.2, -0.15) is 0 Å². The van der Waals surface area contributed by atoms with E-state index in [9.17, 15) is 4.79 Å². The van der Waals surface area contributed by atoms with Gasteiger partial charge in [0.05, 0.1) is 11.2 Å². The zero-order valence-corrected chi connectivity index (χ0v) is 16.1. The van der Waals surface area contributed by atoms with E-state index in [1.54, 1.807) is 0 Å². The monoisotopic (exact) mass is 351 g/mol. The first-order valence-corrected chi connectivity index (χ1v) is 8.97. The van der Waals surface area contributed by atoms with Gasteiger partial charge in [0.1, 0.15) is 0 Å². The van der Waals surface area contributed by atoms with Crippen molar-refractivity contribution in [3.05, 3.63) is 65.2 Å². The second-order valence-electron chi connectivity index (χ2n) is 7.88. The largest absolute Gasteiger partial charge is 0.494 e. The van der Waals surface area contributed by atoms with E-state index < -0.39 is 7.12 Å². The van der Waals surface area contributed by atoms with E-state index in [1.165, 1.54) is 5.56 Å². The highest BCUT2D eigenvalue weighted by Gasteiger charge is 2.51. The molecule has 0 bridgehead atoms. The maximum atomic E-state index is 12.4. The number of rotatable bonds is 4. The number of hydrogen-bond donors (Lipinski definition) is 1. The smallest absolute Gasteiger partial charge is 0.399 e. The zero-order chi connectivity index (χ0) is 18.9. The van der Waals surface area contributed by atoms with E-state index in [-0.39, 0.29) is 17.1 Å². The average Bonchev–Trinajstić information content (AvgIpc) is 2.81. The van der Waals surface area contributed by atoms with Gasteiger partial charge in [-0.05, 0) is 57.8 Å². The minimum absolute atomic E-state index is 0.0908. The second kappa shape index (κ2) is 6.90. The van der Waals surface area contributed by atoms with Gasteiger partial charge in [-0.25, -0.2) is 0 Å². The van der Waals surface area contributed by atoms with E-state index in [4.69, 9.17) is 9.31 Å². The molecule has 5 heteroatoms. The molecule has 1 N–H and O–H groups in total. The minimum Gasteiger partial charge on any atom is -0.399 e. The van der Waals surface area contributed by atoms with Crippen molar-refractivity contribution in [2.45, 2.75) is 52.4 Å². The van der Waals surface area contributed by atoms with Gasteiger partial charge in [-0.3, -0.25) is 4.79 Å². The van der Waals surface area contributed by atoms with Crippen molar-refractivity contribution in [1.82, 2.24) is 5.32 Å². The van der Waals surface area contributed by atoms with Gasteiger partial charge in [0.15, 0.2) is 0 Å². The summed E-state index contributed by atoms with van der Waals surface area (Å²) in [4.78, 5) is 12.4. The topological polar surface area (TPSA) is 47.6 Å². The summed E-state index contributed by atoms with van der Waals surface area (Å²) in [6, 6.07) is 15.5. The molecule has 1 saturated heterocycles. The standard InChI is InChI=1S/C21H26BNO3/c1-15-7-6-8-16(13-15)14-23-19(24)17-9-11-18(12-10-17)22-25-20(2,3)21(4,5)26-22/h6-13H,14H2,1-5H3,(H,23,24). The molecule has 0 saturated carbocycles. The van der Waals surface area contributed by atoms with E-state index in [1.807, 2.05) is 77.1 Å². The molecule has 2 aromatic rings. The molecule has 0 radical (unpaired) electrons. The molecule has 1 aliphatic heterocycles. The Morgan fingerprint density at radius 2 is 1.62 bits per heavy atom. The maximum absolute atomic E-state index is 12.4. The number of amides is 1. The summed E-state index contributed by atoms with van der Waals surface area (Å²) >= 11 is 0. The van der Waals surface area contributed by atoms with Crippen LogP contribution in [0.15, 0.2) is 48.5 Å². The van der Waals surface area contributed by atoms with Gasteiger partial charge in [-0.15, -0.1) is 0 Å². The molecule has 4 nitrogen and oxygen atoms in total. The molecule has 3 rings (SSSR count). The van der Waals surface area contributed by atoms with Crippen LogP contribution in [0.25, 0.3) is 0 Å². The van der Waals surface area contributed by atoms with Gasteiger partial charge in [0.25, 0.3) is 5.91 Å². The normalized spacial score (nSPS) is 18.0. The lowest BCUT2D eigenvalue weighted by molar-refractivity contribution is 0.00578. The lowest BCUT2D eigenvalue weighted by Crippen LogP contribution is -2.41. The summed E-state index contributed by atoms with van der Waals surface area (Å²) in [6.45, 7) is 10.7. The zero-order valence-electron chi connectivity index (χ0n) is 16.1. The number of nitrogens with one attached hydrogen (secondary N) is 1. The summed E-state index contributed by atoms with van der Waals surface area (Å²) in [5, 5.41) is 2.96. The molecule has 1 heterocycles. The van der Waals surface area contributed by atoms with E-state index in [0.29, 0.717) is 12.1 Å². The fourth-order valence-corrected chi connectivity index (χ4v) is 2.88. The highest BCUT2D eigenvalue weighted by Crippen LogP contribution is 2.36. The van der Waals surface area contributed by atoms with E-state index in [2.05, 4.69) is 11.4 Å². The molecule has 0 aliphatic carbocycles. The van der Waals surface area contributed by atoms with Crippen LogP contribution in [0.2, 0.25) is 0 Å². The molecule has 2 aromatic carbocycles. The Labute approximate surface area is 156 Å². The van der Waals surface area contributed by atoms with Gasteiger partial charge < -0.3 is 14.6 Å². The first kappa shape index (κ1) is 18.7. The molecule has 1 amide bonds. The van der Waals surface area contributed by atoms with Crippen molar-refractivity contribution in [2.75, 3.05) is 0 Å². The Hall–Kier alpha value is -2.11. The van der Waals surface area contributed by atoms with Crippen LogP contribution in [0.3, 0.4) is 0 Å². The lowest BCUT2D eigenvalue weighted by Gasteiger charge is -2.32. The summed E-state index contributed by atoms with van der Waals surface area (Å²) in [6.07, 6.45) is 0. The molecule has 0 unspecified atom stereocenters. The number of carbonyl (C=O) groups excluding carboxylic acids is 1. The molecule has 0 spiro atoms. The number of hydrogen-bond acceptors (Lipinski definition) is 3. The van der Waals surface area contributed by atoms with E-state index >= 15 is 0 Å². The first-order chi connectivity index (χ1) is 12.2. The summed E-state index contributed by atoms with van der Waals surface area (Å²) in [5.41, 5.74) is 3.07. The predicted molar refractivity (Wildman–Crippen MR) is 105 cm³/mol. The van der Waals surface area contributed by atoms with Gasteiger partial charge >= 0.3 is 7.12 Å². The molecular formula is C21H26BNO3. The molecule has 26 heavy (non-hydrogen) atoms. The second-order valence-corrected chi connectivity index (χ2v) is 7.88. The van der Waals surface area contributed by atoms with Crippen LogP contribution in [0.5, 0.6) is 0 Å². The van der Waals surface area contributed by atoms with Crippen LogP contribution in [0.4, 0.5) is 0 Å². The van der Waals surface area contributed by atoms with Crippen LogP contribution in [-0.2, 0) is 15.9 Å². The summed E-state index contributed by atoms with van der Waals surface area (Å²) in [5.74, 6) is -0.0908. The number of benzene rings is 2. The molecular weight excluding hydrogens is 325 g/mol. The van der Waals surface area contributed by atoms with Gasteiger partial charge in [0.2, 0.25) is 0 Å². The van der Waals surface area contributed by atoms with Crippen molar-refractivity contribution in [2.24, 2.45) is 0 Å². The Kier molecular flexibility index (Phi) is 4.95. The van der Waals surface area contributed by atoms with Crippen LogP contribution < -0.4 is 10.8 Å². The highest BCUT2D eigenvalue weighted by atomic mass is 16.7. The van der Waals surface area contributed by atoms with Crippen molar-refractivity contribution >= 4 is 18.5 Å². The molecule has 136 valence electrons. The fourth-order valence-electron chi connectivity index (χ4n) is 2.88. The lowest BCUT2D eigenvalue weighted by atomic mass is 9.79. The third-order valence-corrected chi connectivity index (χ3v) is 5.23. The third-order valence-electron chi connectivity index (χ3n) is 5.23. The number of carbonyl (C=O) groups is 1. The molecule has 0 aromatic heterocycles. The molecule has 1 aliphatic rings. The molecule has 0 atom stereocenters. The Morgan fingerprint density at radius 3 is 2.19 bits per heavy atom. The minimum atomic E-state index is -0.413. The number of aryl methyl sites for hydroxylation is 1. The van der Waals surface area contributed by atoms with Crippen LogP contribution in [0.1, 0.15) is 49.2 Å². The van der Waals surface area contributed by atoms with E-state index in [0.717, 1.165) is 11.0 Å². The van der Waals surface area contributed by atoms with Crippen molar-refractivity contribution in [1.29, 1.82) is 0 Å². The van der Waals surface area contributed by atoms with Crippen LogP contribution in [-0.4, -0.2) is 24.2 Å². The highest BCUT2D eigenvalue weighted by molar-refractivity contribution is 6.62. The van der Waals surface area contributed by atoms with Gasteiger partial charge in [-0.1, -0.05) is 42.0 Å². The van der Waals surface area contributed by atoms with Crippen LogP contribution in [0, 0.1) is 6.92 Å². The fraction of sp³-hybridized carbons (Fsp3) is 0.381. The summed E-state index contributed by atoms with van der Waals surface area (Å²) in [7, 11) is -0.413. The average molecular weight is 351 g/mol. The van der Waals surface area contributed by atoms with Crippen molar-refractivity contribution < 1.29 is 14.1 Å².